The second-order valence-electron chi connectivity index (χ2n) is 12.7. The van der Waals surface area contributed by atoms with Crippen molar-refractivity contribution >= 4 is 11.9 Å². The number of ether oxygens (including phenoxy) is 3. The van der Waals surface area contributed by atoms with Crippen LogP contribution in [-0.2, 0) is 23.8 Å². The van der Waals surface area contributed by atoms with Crippen molar-refractivity contribution < 1.29 is 44.2 Å². The third-order valence-electron chi connectivity index (χ3n) is 10.1. The van der Waals surface area contributed by atoms with Gasteiger partial charge < -0.3 is 34.6 Å². The number of carboxylic acids is 1. The summed E-state index contributed by atoms with van der Waals surface area (Å²) in [5.74, 6) is -0.644. The fourth-order valence-corrected chi connectivity index (χ4v) is 7.76. The number of rotatable bonds is 7. The summed E-state index contributed by atoms with van der Waals surface area (Å²) in [5, 5.41) is 40.8. The van der Waals surface area contributed by atoms with E-state index in [1.165, 1.54) is 12.5 Å². The molecule has 9 heteroatoms. The van der Waals surface area contributed by atoms with Gasteiger partial charge in [0.2, 0.25) is 0 Å². The number of aliphatic hydroxyl groups is 3. The number of hydrogen-bond acceptors (Lipinski definition) is 8. The Balaban J connectivity index is 1.37. The first kappa shape index (κ1) is 28.5. The molecule has 0 aromatic rings. The van der Waals surface area contributed by atoms with Gasteiger partial charge in [0.1, 0.15) is 31.0 Å². The molecule has 0 radical (unpaired) electrons. The lowest BCUT2D eigenvalue weighted by atomic mass is 9.45. The number of carboxylic acid groups (broad SMARTS) is 1. The average Bonchev–Trinajstić information content (AvgIpc) is 2.82. The van der Waals surface area contributed by atoms with Crippen molar-refractivity contribution in [2.75, 3.05) is 13.2 Å². The van der Waals surface area contributed by atoms with Crippen LogP contribution in [0.3, 0.4) is 0 Å². The summed E-state index contributed by atoms with van der Waals surface area (Å²) in [7, 11) is 0. The van der Waals surface area contributed by atoms with E-state index in [1.54, 1.807) is 0 Å². The van der Waals surface area contributed by atoms with E-state index in [4.69, 9.17) is 14.2 Å². The molecule has 0 aromatic heterocycles. The van der Waals surface area contributed by atoms with E-state index in [2.05, 4.69) is 19.9 Å². The Labute approximate surface area is 219 Å². The fraction of sp³-hybridized carbons (Fsp3) is 0.857. The average molecular weight is 525 g/mol. The van der Waals surface area contributed by atoms with Crippen LogP contribution in [0.5, 0.6) is 0 Å². The molecule has 1 aliphatic heterocycles. The van der Waals surface area contributed by atoms with Crippen LogP contribution in [0.15, 0.2) is 11.6 Å². The van der Waals surface area contributed by atoms with Crippen LogP contribution in [0.25, 0.3) is 0 Å². The maximum absolute atomic E-state index is 12.2. The summed E-state index contributed by atoms with van der Waals surface area (Å²) >= 11 is 0. The van der Waals surface area contributed by atoms with Gasteiger partial charge in [0.25, 0.3) is 0 Å². The molecule has 4 rings (SSSR count). The smallest absolute Gasteiger partial charge is 0.309 e. The quantitative estimate of drug-likeness (QED) is 0.292. The minimum Gasteiger partial charge on any atom is -0.481 e. The van der Waals surface area contributed by atoms with Crippen molar-refractivity contribution in [2.24, 2.45) is 28.1 Å². The Morgan fingerprint density at radius 2 is 1.81 bits per heavy atom. The molecule has 0 unspecified atom stereocenters. The largest absolute Gasteiger partial charge is 0.481 e. The van der Waals surface area contributed by atoms with Gasteiger partial charge in [-0.05, 0) is 74.5 Å². The van der Waals surface area contributed by atoms with Crippen LogP contribution in [-0.4, -0.2) is 76.3 Å². The molecule has 0 amide bonds. The molecule has 0 aromatic carbocycles. The molecule has 0 bridgehead atoms. The minimum absolute atomic E-state index is 0.00127. The first-order valence-electron chi connectivity index (χ1n) is 13.7. The molecule has 3 aliphatic carbocycles. The summed E-state index contributed by atoms with van der Waals surface area (Å²) in [4.78, 5) is 23.3. The molecule has 1 saturated heterocycles. The third kappa shape index (κ3) is 5.35. The molecule has 2 saturated carbocycles. The van der Waals surface area contributed by atoms with Gasteiger partial charge in [0, 0.05) is 6.92 Å². The van der Waals surface area contributed by atoms with Crippen molar-refractivity contribution in [3.05, 3.63) is 11.6 Å². The molecule has 210 valence electrons. The van der Waals surface area contributed by atoms with Crippen molar-refractivity contribution in [1.82, 2.24) is 0 Å². The van der Waals surface area contributed by atoms with Crippen LogP contribution >= 0.6 is 0 Å². The second kappa shape index (κ2) is 10.6. The number of carbonyl (C=O) groups excluding carboxylic acids is 1. The van der Waals surface area contributed by atoms with Crippen molar-refractivity contribution in [3.8, 4) is 0 Å². The van der Waals surface area contributed by atoms with E-state index < -0.39 is 48.1 Å². The summed E-state index contributed by atoms with van der Waals surface area (Å²) in [6, 6.07) is 0. The summed E-state index contributed by atoms with van der Waals surface area (Å²) in [6.45, 7) is 7.80. The predicted octanol–water partition coefficient (Wildman–Crippen LogP) is 2.80. The Hall–Kier alpha value is -1.52. The molecule has 0 spiro atoms. The third-order valence-corrected chi connectivity index (χ3v) is 10.1. The maximum Gasteiger partial charge on any atom is 0.309 e. The molecular weight excluding hydrogens is 480 g/mol. The predicted molar refractivity (Wildman–Crippen MR) is 133 cm³/mol. The lowest BCUT2D eigenvalue weighted by Crippen LogP contribution is -2.59. The Bertz CT molecular complexity index is 904. The number of aliphatic hydroxyl groups excluding tert-OH is 3. The van der Waals surface area contributed by atoms with Crippen LogP contribution in [0, 0.1) is 28.1 Å². The summed E-state index contributed by atoms with van der Waals surface area (Å²) in [5.41, 5.74) is 0.763. The number of carbonyl (C=O) groups is 2. The van der Waals surface area contributed by atoms with Gasteiger partial charge >= 0.3 is 11.9 Å². The van der Waals surface area contributed by atoms with E-state index in [-0.39, 0.29) is 23.4 Å². The second-order valence-corrected chi connectivity index (χ2v) is 12.7. The van der Waals surface area contributed by atoms with E-state index in [0.717, 1.165) is 51.4 Å². The van der Waals surface area contributed by atoms with Gasteiger partial charge in [-0.15, -0.1) is 0 Å². The van der Waals surface area contributed by atoms with Gasteiger partial charge in [-0.1, -0.05) is 31.9 Å². The highest BCUT2D eigenvalue weighted by molar-refractivity contribution is 5.75. The molecule has 1 heterocycles. The van der Waals surface area contributed by atoms with Crippen LogP contribution in [0.4, 0.5) is 0 Å². The molecule has 10 atom stereocenters. The van der Waals surface area contributed by atoms with Gasteiger partial charge in [-0.2, -0.15) is 0 Å². The van der Waals surface area contributed by atoms with Crippen molar-refractivity contribution in [2.45, 2.75) is 110 Å². The van der Waals surface area contributed by atoms with E-state index in [1.807, 2.05) is 6.92 Å². The number of aliphatic carboxylic acids is 1. The summed E-state index contributed by atoms with van der Waals surface area (Å²) < 4.78 is 16.4. The number of allylic oxidation sites excluding steroid dienone is 2. The van der Waals surface area contributed by atoms with Crippen molar-refractivity contribution in [3.63, 3.8) is 0 Å². The zero-order valence-electron chi connectivity index (χ0n) is 22.5. The maximum atomic E-state index is 12.2. The standard InChI is InChI=1S/C28H44O9/c1-16(29)36-15-19-21(30)22(31)23(32)24(37-19)35-13-12-26(2)11-8-18-17(14-26)6-7-20-27(18,3)9-5-10-28(20,4)25(33)34/h6,18-24,30-32H,5,7-15H2,1-4H3,(H,33,34)/t18-,19+,20+,21+,22-,23+,24-,26+,27+,28-/m0/s1. The number of hydrogen-bond donors (Lipinski definition) is 4. The van der Waals surface area contributed by atoms with Crippen LogP contribution in [0.1, 0.15) is 79.1 Å². The molecule has 9 nitrogen and oxygen atoms in total. The first-order valence-corrected chi connectivity index (χ1v) is 13.7. The van der Waals surface area contributed by atoms with Gasteiger partial charge in [-0.25, -0.2) is 0 Å². The van der Waals surface area contributed by atoms with Gasteiger partial charge in [0.05, 0.1) is 12.0 Å². The van der Waals surface area contributed by atoms with Gasteiger partial charge in [-0.3, -0.25) is 9.59 Å². The first-order chi connectivity index (χ1) is 17.3. The molecule has 4 N–H and O–H groups in total. The van der Waals surface area contributed by atoms with E-state index in [0.29, 0.717) is 12.5 Å². The molecule has 37 heavy (non-hydrogen) atoms. The molecular formula is C28H44O9. The summed E-state index contributed by atoms with van der Waals surface area (Å²) in [6.07, 6.45) is 3.14. The Kier molecular flexibility index (Phi) is 8.14. The zero-order valence-corrected chi connectivity index (χ0v) is 22.5. The van der Waals surface area contributed by atoms with Gasteiger partial charge in [0.15, 0.2) is 6.29 Å². The minimum atomic E-state index is -1.47. The van der Waals surface area contributed by atoms with Crippen LogP contribution < -0.4 is 0 Å². The lowest BCUT2D eigenvalue weighted by Gasteiger charge is -2.58. The fourth-order valence-electron chi connectivity index (χ4n) is 7.76. The van der Waals surface area contributed by atoms with Crippen LogP contribution in [0.2, 0.25) is 0 Å². The lowest BCUT2D eigenvalue weighted by molar-refractivity contribution is -0.302. The SMILES string of the molecule is CC(=O)OC[C@H]1O[C@H](OCC[C@@]2(C)CC[C@H]3C(=CC[C@@H]4[C@]3(C)CCC[C@]4(C)C(=O)O)C2)[C@H](O)[C@@H](O)[C@@H]1O. The number of fused-ring (bicyclic) bond motifs is 3. The van der Waals surface area contributed by atoms with E-state index >= 15 is 0 Å². The number of esters is 1. The zero-order chi connectivity index (χ0) is 27.2. The molecule has 4 aliphatic rings. The van der Waals surface area contributed by atoms with Crippen molar-refractivity contribution in [1.29, 1.82) is 0 Å². The van der Waals surface area contributed by atoms with E-state index in [9.17, 15) is 30.0 Å². The highest BCUT2D eigenvalue weighted by Gasteiger charge is 2.58. The monoisotopic (exact) mass is 524 g/mol. The Morgan fingerprint density at radius 1 is 1.08 bits per heavy atom. The molecule has 3 fully saturated rings. The Morgan fingerprint density at radius 3 is 2.49 bits per heavy atom. The normalized spacial score (nSPS) is 45.8. The topological polar surface area (TPSA) is 143 Å². The highest BCUT2D eigenvalue weighted by atomic mass is 16.7. The highest BCUT2D eigenvalue weighted by Crippen LogP contribution is 2.64.